The smallest absolute Gasteiger partial charge is 0.227 e. The van der Waals surface area contributed by atoms with Crippen molar-refractivity contribution in [2.75, 3.05) is 50.8 Å². The minimum atomic E-state index is -0.141. The van der Waals surface area contributed by atoms with Gasteiger partial charge in [0.05, 0.1) is 24.5 Å². The number of hydrogen-bond donors (Lipinski definition) is 1. The van der Waals surface area contributed by atoms with Crippen molar-refractivity contribution < 1.29 is 9.53 Å². The maximum atomic E-state index is 13.2. The van der Waals surface area contributed by atoms with E-state index in [1.54, 1.807) is 17.7 Å². The van der Waals surface area contributed by atoms with Crippen molar-refractivity contribution in [1.29, 1.82) is 0 Å². The molecule has 1 amide bonds. The highest BCUT2D eigenvalue weighted by Gasteiger charge is 2.44. The van der Waals surface area contributed by atoms with Crippen LogP contribution in [0.25, 0.3) is 10.2 Å². The molecule has 8 heteroatoms. The Kier molecular flexibility index (Phi) is 4.06. The topological polar surface area (TPSA) is 70.6 Å². The van der Waals surface area contributed by atoms with Gasteiger partial charge in [-0.25, -0.2) is 9.97 Å². The minimum absolute atomic E-state index is 0.0376. The first-order valence-corrected chi connectivity index (χ1v) is 10.2. The fraction of sp³-hybridized carbons (Fsp3) is 0.611. The fourth-order valence-electron chi connectivity index (χ4n) is 4.31. The third kappa shape index (κ3) is 2.76. The van der Waals surface area contributed by atoms with Crippen LogP contribution >= 0.6 is 11.3 Å². The zero-order chi connectivity index (χ0) is 17.6. The van der Waals surface area contributed by atoms with Crippen LogP contribution in [0.15, 0.2) is 17.8 Å². The first kappa shape index (κ1) is 16.4. The lowest BCUT2D eigenvalue weighted by Gasteiger charge is -2.49. The van der Waals surface area contributed by atoms with Crippen LogP contribution in [0.4, 0.5) is 5.82 Å². The molecule has 0 bridgehead atoms. The van der Waals surface area contributed by atoms with Gasteiger partial charge in [-0.15, -0.1) is 11.3 Å². The lowest BCUT2D eigenvalue weighted by Crippen LogP contribution is -2.69. The summed E-state index contributed by atoms with van der Waals surface area (Å²) in [6.07, 6.45) is 3.60. The molecule has 5 rings (SSSR count). The first-order chi connectivity index (χ1) is 12.7. The van der Waals surface area contributed by atoms with Crippen LogP contribution in [-0.2, 0) is 9.53 Å². The van der Waals surface area contributed by atoms with Gasteiger partial charge in [-0.3, -0.25) is 4.79 Å². The van der Waals surface area contributed by atoms with Crippen LogP contribution in [0.2, 0.25) is 0 Å². The molecule has 3 aliphatic rings. The predicted molar refractivity (Wildman–Crippen MR) is 100 cm³/mol. The number of amides is 1. The van der Waals surface area contributed by atoms with Crippen molar-refractivity contribution in [2.45, 2.75) is 18.4 Å². The van der Waals surface area contributed by atoms with E-state index in [4.69, 9.17) is 4.74 Å². The highest BCUT2D eigenvalue weighted by molar-refractivity contribution is 7.16. The maximum absolute atomic E-state index is 13.2. The van der Waals surface area contributed by atoms with Gasteiger partial charge in [-0.2, -0.15) is 0 Å². The Hall–Kier alpha value is -1.77. The molecule has 1 N–H and O–H groups in total. The summed E-state index contributed by atoms with van der Waals surface area (Å²) in [5.41, 5.74) is -0.141. The zero-order valence-electron chi connectivity index (χ0n) is 14.7. The predicted octanol–water partition coefficient (Wildman–Crippen LogP) is 1.11. The molecule has 3 aliphatic heterocycles. The SMILES string of the molecule is O=C(C1CCCN(c2ncnc3sccc23)C1)N1CCOC2(CNC2)C1. The number of carbonyl (C=O) groups excluding carboxylic acids is 1. The number of nitrogens with one attached hydrogen (secondary N) is 1. The van der Waals surface area contributed by atoms with E-state index in [2.05, 4.69) is 31.6 Å². The zero-order valence-corrected chi connectivity index (χ0v) is 15.5. The van der Waals surface area contributed by atoms with E-state index < -0.39 is 0 Å². The molecular formula is C18H23N5O2S. The molecule has 3 saturated heterocycles. The highest BCUT2D eigenvalue weighted by atomic mass is 32.1. The van der Waals surface area contributed by atoms with Crippen LogP contribution in [0.3, 0.4) is 0 Å². The average Bonchev–Trinajstić information content (AvgIpc) is 3.15. The molecule has 3 fully saturated rings. The Bertz CT molecular complexity index is 821. The van der Waals surface area contributed by atoms with Gasteiger partial charge in [0.15, 0.2) is 0 Å². The minimum Gasteiger partial charge on any atom is -0.369 e. The van der Waals surface area contributed by atoms with Crippen molar-refractivity contribution in [2.24, 2.45) is 5.92 Å². The highest BCUT2D eigenvalue weighted by Crippen LogP contribution is 2.31. The second-order valence-electron chi connectivity index (χ2n) is 7.52. The Labute approximate surface area is 156 Å². The molecule has 0 radical (unpaired) electrons. The van der Waals surface area contributed by atoms with Gasteiger partial charge in [-0.05, 0) is 24.3 Å². The summed E-state index contributed by atoms with van der Waals surface area (Å²) < 4.78 is 5.92. The van der Waals surface area contributed by atoms with E-state index in [9.17, 15) is 4.79 Å². The number of morpholine rings is 1. The van der Waals surface area contributed by atoms with E-state index in [-0.39, 0.29) is 17.4 Å². The summed E-state index contributed by atoms with van der Waals surface area (Å²) in [6.45, 7) is 5.46. The number of hydrogen-bond acceptors (Lipinski definition) is 7. The Morgan fingerprint density at radius 3 is 3.12 bits per heavy atom. The molecule has 0 aliphatic carbocycles. The van der Waals surface area contributed by atoms with Crippen LogP contribution in [0.1, 0.15) is 12.8 Å². The summed E-state index contributed by atoms with van der Waals surface area (Å²) >= 11 is 1.63. The Morgan fingerprint density at radius 2 is 2.27 bits per heavy atom. The number of thiophene rings is 1. The second kappa shape index (κ2) is 6.44. The average molecular weight is 373 g/mol. The Balaban J connectivity index is 1.32. The largest absolute Gasteiger partial charge is 0.369 e. The lowest BCUT2D eigenvalue weighted by atomic mass is 9.92. The van der Waals surface area contributed by atoms with Gasteiger partial charge in [-0.1, -0.05) is 0 Å². The number of rotatable bonds is 2. The molecule has 2 aromatic rings. The van der Waals surface area contributed by atoms with E-state index in [1.807, 2.05) is 4.90 Å². The normalized spacial score (nSPS) is 25.5. The number of aromatic nitrogens is 2. The van der Waals surface area contributed by atoms with E-state index in [0.717, 1.165) is 61.6 Å². The number of ether oxygens (including phenoxy) is 1. The number of fused-ring (bicyclic) bond motifs is 1. The van der Waals surface area contributed by atoms with Gasteiger partial charge >= 0.3 is 0 Å². The van der Waals surface area contributed by atoms with Gasteiger partial charge < -0.3 is 19.9 Å². The molecule has 5 heterocycles. The summed E-state index contributed by atoms with van der Waals surface area (Å²) in [4.78, 5) is 27.3. The van der Waals surface area contributed by atoms with Gasteiger partial charge in [0.2, 0.25) is 5.91 Å². The molecule has 26 heavy (non-hydrogen) atoms. The molecule has 0 aromatic carbocycles. The number of nitrogens with zero attached hydrogens (tertiary/aromatic N) is 4. The fourth-order valence-corrected chi connectivity index (χ4v) is 5.04. The van der Waals surface area contributed by atoms with Crippen LogP contribution < -0.4 is 10.2 Å². The summed E-state index contributed by atoms with van der Waals surface area (Å²) in [7, 11) is 0. The van der Waals surface area contributed by atoms with Crippen molar-refractivity contribution >= 4 is 33.3 Å². The van der Waals surface area contributed by atoms with Gasteiger partial charge in [0.25, 0.3) is 0 Å². The molecule has 7 nitrogen and oxygen atoms in total. The first-order valence-electron chi connectivity index (χ1n) is 9.31. The quantitative estimate of drug-likeness (QED) is 0.850. The monoisotopic (exact) mass is 373 g/mol. The third-order valence-corrected chi connectivity index (χ3v) is 6.59. The van der Waals surface area contributed by atoms with E-state index >= 15 is 0 Å². The van der Waals surface area contributed by atoms with Crippen molar-refractivity contribution in [3.8, 4) is 0 Å². The van der Waals surface area contributed by atoms with Crippen molar-refractivity contribution in [3.05, 3.63) is 17.8 Å². The molecular weight excluding hydrogens is 350 g/mol. The van der Waals surface area contributed by atoms with Crippen molar-refractivity contribution in [3.63, 3.8) is 0 Å². The van der Waals surface area contributed by atoms with E-state index in [0.29, 0.717) is 13.2 Å². The maximum Gasteiger partial charge on any atom is 0.227 e. The number of piperidine rings is 1. The van der Waals surface area contributed by atoms with Gasteiger partial charge in [0, 0.05) is 32.7 Å². The van der Waals surface area contributed by atoms with Crippen molar-refractivity contribution in [1.82, 2.24) is 20.2 Å². The number of anilines is 1. The summed E-state index contributed by atoms with van der Waals surface area (Å²) in [5.74, 6) is 1.28. The summed E-state index contributed by atoms with van der Waals surface area (Å²) in [6, 6.07) is 2.08. The molecule has 2 aromatic heterocycles. The standard InChI is InChI=1S/C18H23N5O2S/c24-17(23-5-6-25-18(11-23)9-19-10-18)13-2-1-4-22(8-13)15-14-3-7-26-16(14)21-12-20-15/h3,7,12-13,19H,1-2,4-6,8-11H2. The van der Waals surface area contributed by atoms with Gasteiger partial charge in [0.1, 0.15) is 22.6 Å². The van der Waals surface area contributed by atoms with E-state index in [1.165, 1.54) is 0 Å². The van der Waals surface area contributed by atoms with Crippen LogP contribution in [0.5, 0.6) is 0 Å². The molecule has 1 spiro atoms. The number of carbonyl (C=O) groups is 1. The lowest BCUT2D eigenvalue weighted by molar-refractivity contribution is -0.163. The molecule has 0 saturated carbocycles. The second-order valence-corrected chi connectivity index (χ2v) is 8.41. The van der Waals surface area contributed by atoms with Crippen LogP contribution in [-0.4, -0.2) is 72.3 Å². The molecule has 1 unspecified atom stereocenters. The molecule has 1 atom stereocenters. The van der Waals surface area contributed by atoms with Crippen LogP contribution in [0, 0.1) is 5.92 Å². The third-order valence-electron chi connectivity index (χ3n) is 5.77. The summed E-state index contributed by atoms with van der Waals surface area (Å²) in [5, 5.41) is 6.41. The molecule has 138 valence electrons. The Morgan fingerprint density at radius 1 is 1.35 bits per heavy atom.